The maximum atomic E-state index is 13.6. The number of ether oxygens (including phenoxy) is 1. The van der Waals surface area contributed by atoms with E-state index in [0.717, 1.165) is 5.56 Å². The Kier molecular flexibility index (Phi) is 3.36. The minimum Gasteiger partial charge on any atom is -0.376 e. The molecule has 3 heterocycles. The van der Waals surface area contributed by atoms with E-state index in [1.165, 1.54) is 12.1 Å². The van der Waals surface area contributed by atoms with Gasteiger partial charge in [-0.3, -0.25) is 4.79 Å². The first kappa shape index (κ1) is 14.4. The topological polar surface area (TPSA) is 41.6 Å². The number of benzene rings is 1. The second-order valence-corrected chi connectivity index (χ2v) is 7.33. The molecule has 2 unspecified atom stereocenters. The van der Waals surface area contributed by atoms with E-state index in [9.17, 15) is 9.18 Å². The molecular formula is C15H14ClFN2O2S. The highest BCUT2D eigenvalue weighted by Gasteiger charge is 2.52. The van der Waals surface area contributed by atoms with Gasteiger partial charge < -0.3 is 15.0 Å². The van der Waals surface area contributed by atoms with Gasteiger partial charge in [-0.1, -0.05) is 11.6 Å². The fraction of sp³-hybridized carbons (Fsp3) is 0.400. The Bertz CT molecular complexity index is 645. The molecule has 1 aromatic rings. The molecule has 2 fully saturated rings. The molecule has 2 saturated heterocycles. The van der Waals surface area contributed by atoms with E-state index in [2.05, 4.69) is 5.32 Å². The molecule has 0 aliphatic carbocycles. The number of amides is 1. The van der Waals surface area contributed by atoms with Crippen LogP contribution in [0.15, 0.2) is 29.8 Å². The van der Waals surface area contributed by atoms with E-state index in [1.54, 1.807) is 17.8 Å². The molecule has 3 aliphatic heterocycles. The van der Waals surface area contributed by atoms with Crippen molar-refractivity contribution in [2.24, 2.45) is 0 Å². The molecule has 0 aromatic heterocycles. The van der Waals surface area contributed by atoms with E-state index in [4.69, 9.17) is 16.3 Å². The fourth-order valence-corrected chi connectivity index (χ4v) is 4.44. The first-order valence-corrected chi connectivity index (χ1v) is 8.34. The second-order valence-electron chi connectivity index (χ2n) is 5.91. The molecule has 1 aromatic carbocycles. The van der Waals surface area contributed by atoms with Crippen LogP contribution >= 0.6 is 23.4 Å². The zero-order valence-corrected chi connectivity index (χ0v) is 13.2. The molecule has 3 aliphatic rings. The van der Waals surface area contributed by atoms with Crippen molar-refractivity contribution < 1.29 is 13.9 Å². The third-order valence-electron chi connectivity index (χ3n) is 4.27. The van der Waals surface area contributed by atoms with E-state index in [-0.39, 0.29) is 28.7 Å². The molecule has 116 valence electrons. The monoisotopic (exact) mass is 340 g/mol. The van der Waals surface area contributed by atoms with Crippen molar-refractivity contribution in [3.63, 3.8) is 0 Å². The van der Waals surface area contributed by atoms with Crippen LogP contribution < -0.4 is 5.32 Å². The predicted octanol–water partition coefficient (Wildman–Crippen LogP) is 2.66. The number of hydrogen-bond donors (Lipinski definition) is 1. The van der Waals surface area contributed by atoms with E-state index >= 15 is 0 Å². The Morgan fingerprint density at radius 1 is 1.41 bits per heavy atom. The molecular weight excluding hydrogens is 327 g/mol. The summed E-state index contributed by atoms with van der Waals surface area (Å²) in [6.07, 6.45) is 2.60. The fourth-order valence-electron chi connectivity index (χ4n) is 3.20. The molecule has 0 radical (unpaired) electrons. The summed E-state index contributed by atoms with van der Waals surface area (Å²) >= 11 is 7.50. The third-order valence-corrected chi connectivity index (χ3v) is 5.54. The lowest BCUT2D eigenvalue weighted by atomic mass is 9.93. The van der Waals surface area contributed by atoms with Crippen LogP contribution in [0.4, 0.5) is 4.39 Å². The van der Waals surface area contributed by atoms with Crippen molar-refractivity contribution in [3.8, 4) is 0 Å². The van der Waals surface area contributed by atoms with Gasteiger partial charge in [-0.05, 0) is 29.2 Å². The molecule has 4 nitrogen and oxygen atoms in total. The Labute approximate surface area is 136 Å². The maximum Gasteiger partial charge on any atom is 0.243 e. The van der Waals surface area contributed by atoms with Gasteiger partial charge in [-0.25, -0.2) is 4.39 Å². The van der Waals surface area contributed by atoms with Crippen LogP contribution in [-0.2, 0) is 9.53 Å². The zero-order valence-electron chi connectivity index (χ0n) is 11.6. The van der Waals surface area contributed by atoms with Gasteiger partial charge in [0.15, 0.2) is 0 Å². The lowest BCUT2D eigenvalue weighted by Gasteiger charge is -2.38. The van der Waals surface area contributed by atoms with E-state index in [1.807, 2.05) is 16.5 Å². The van der Waals surface area contributed by atoms with Crippen LogP contribution in [0.5, 0.6) is 0 Å². The summed E-state index contributed by atoms with van der Waals surface area (Å²) in [5.74, 6) is -0.363. The average molecular weight is 341 g/mol. The van der Waals surface area contributed by atoms with Crippen molar-refractivity contribution in [2.75, 3.05) is 13.2 Å². The summed E-state index contributed by atoms with van der Waals surface area (Å²) in [4.78, 5) is 14.3. The van der Waals surface area contributed by atoms with Gasteiger partial charge in [0.1, 0.15) is 17.2 Å². The van der Waals surface area contributed by atoms with Crippen LogP contribution in [0.1, 0.15) is 17.4 Å². The van der Waals surface area contributed by atoms with Crippen molar-refractivity contribution >= 4 is 29.3 Å². The van der Waals surface area contributed by atoms with Crippen LogP contribution in [0.2, 0.25) is 5.02 Å². The summed E-state index contributed by atoms with van der Waals surface area (Å²) in [6, 6.07) is 4.24. The highest BCUT2D eigenvalue weighted by Crippen LogP contribution is 2.44. The highest BCUT2D eigenvalue weighted by atomic mass is 35.5. The Morgan fingerprint density at radius 2 is 2.23 bits per heavy atom. The van der Waals surface area contributed by atoms with Crippen molar-refractivity contribution in [1.29, 1.82) is 0 Å². The summed E-state index contributed by atoms with van der Waals surface area (Å²) in [5, 5.41) is 5.19. The predicted molar refractivity (Wildman–Crippen MR) is 82.8 cm³/mol. The van der Waals surface area contributed by atoms with Gasteiger partial charge in [-0.2, -0.15) is 0 Å². The number of rotatable bonds is 2. The zero-order chi connectivity index (χ0) is 15.3. The SMILES string of the molecule is O=C1NC2(COC2)CC1N1C=CSC1c1cc(F)cc(Cl)c1. The lowest BCUT2D eigenvalue weighted by Crippen LogP contribution is -2.57. The molecule has 1 N–H and O–H groups in total. The summed E-state index contributed by atoms with van der Waals surface area (Å²) < 4.78 is 18.9. The summed E-state index contributed by atoms with van der Waals surface area (Å²) in [5.41, 5.74) is 0.547. The maximum absolute atomic E-state index is 13.6. The lowest BCUT2D eigenvalue weighted by molar-refractivity contribution is -0.126. The number of nitrogens with one attached hydrogen (secondary N) is 1. The van der Waals surface area contributed by atoms with Crippen LogP contribution in [-0.4, -0.2) is 35.6 Å². The summed E-state index contributed by atoms with van der Waals surface area (Å²) in [6.45, 7) is 1.13. The Hall–Kier alpha value is -1.24. The molecule has 0 saturated carbocycles. The van der Waals surface area contributed by atoms with Gasteiger partial charge in [0.25, 0.3) is 0 Å². The van der Waals surface area contributed by atoms with E-state index in [0.29, 0.717) is 24.7 Å². The molecule has 2 atom stereocenters. The number of halogens is 2. The van der Waals surface area contributed by atoms with Gasteiger partial charge in [0.05, 0.1) is 18.8 Å². The minimum atomic E-state index is -0.366. The number of hydrogen-bond acceptors (Lipinski definition) is 4. The molecule has 22 heavy (non-hydrogen) atoms. The Balaban J connectivity index is 1.61. The normalized spacial score (nSPS) is 29.0. The van der Waals surface area contributed by atoms with Gasteiger partial charge in [0, 0.05) is 17.6 Å². The highest BCUT2D eigenvalue weighted by molar-refractivity contribution is 8.02. The average Bonchev–Trinajstić information content (AvgIpc) is 3.00. The van der Waals surface area contributed by atoms with Crippen LogP contribution in [0, 0.1) is 5.82 Å². The molecule has 4 rings (SSSR count). The van der Waals surface area contributed by atoms with E-state index < -0.39 is 0 Å². The molecule has 0 bridgehead atoms. The molecule has 7 heteroatoms. The molecule has 1 amide bonds. The van der Waals surface area contributed by atoms with Crippen molar-refractivity contribution in [2.45, 2.75) is 23.4 Å². The van der Waals surface area contributed by atoms with Crippen LogP contribution in [0.3, 0.4) is 0 Å². The standard InChI is InChI=1S/C15H14ClFN2O2S/c16-10-3-9(4-11(17)5-10)14-19(1-2-22-14)12-6-15(7-21-8-15)18-13(12)20/h1-5,12,14H,6-8H2,(H,18,20). The number of nitrogens with zero attached hydrogens (tertiary/aromatic N) is 1. The number of carbonyl (C=O) groups is 1. The van der Waals surface area contributed by atoms with Gasteiger partial charge in [-0.15, -0.1) is 11.8 Å². The van der Waals surface area contributed by atoms with Gasteiger partial charge >= 0.3 is 0 Å². The minimum absolute atomic E-state index is 0.00273. The third kappa shape index (κ3) is 2.30. The Morgan fingerprint density at radius 3 is 2.86 bits per heavy atom. The van der Waals surface area contributed by atoms with Crippen molar-refractivity contribution in [1.82, 2.24) is 10.2 Å². The quantitative estimate of drug-likeness (QED) is 0.898. The van der Waals surface area contributed by atoms with Crippen LogP contribution in [0.25, 0.3) is 0 Å². The second kappa shape index (κ2) is 5.15. The molecule has 1 spiro atoms. The van der Waals surface area contributed by atoms with Gasteiger partial charge in [0.2, 0.25) is 5.91 Å². The number of carbonyl (C=O) groups excluding carboxylic acids is 1. The first-order valence-electron chi connectivity index (χ1n) is 7.02. The number of thioether (sulfide) groups is 1. The smallest absolute Gasteiger partial charge is 0.243 e. The largest absolute Gasteiger partial charge is 0.376 e. The first-order chi connectivity index (χ1) is 10.6. The van der Waals surface area contributed by atoms with Crippen molar-refractivity contribution in [3.05, 3.63) is 46.2 Å². The summed E-state index contributed by atoms with van der Waals surface area (Å²) in [7, 11) is 0.